The summed E-state index contributed by atoms with van der Waals surface area (Å²) in [4.78, 5) is -0.0821. The minimum Gasteiger partial charge on any atom is -0.508 e. The smallest absolute Gasteiger partial charge is 0.210 e. The molecule has 0 spiro atoms. The number of hydrogen-bond donors (Lipinski definition) is 2. The van der Waals surface area contributed by atoms with Gasteiger partial charge in [-0.15, -0.1) is 0 Å². The van der Waals surface area contributed by atoms with Crippen LogP contribution in [0.1, 0.15) is 11.1 Å². The highest BCUT2D eigenvalue weighted by molar-refractivity contribution is 7.91. The van der Waals surface area contributed by atoms with Crippen LogP contribution in [0, 0.1) is 13.8 Å². The molecule has 0 unspecified atom stereocenters. The third-order valence-electron chi connectivity index (χ3n) is 2.87. The molecule has 0 atom stereocenters. The molecule has 0 fully saturated rings. The van der Waals surface area contributed by atoms with Gasteiger partial charge in [-0.25, -0.2) is 8.42 Å². The van der Waals surface area contributed by atoms with Crippen LogP contribution < -0.4 is 0 Å². The molecule has 0 heterocycles. The minimum atomic E-state index is -3.79. The van der Waals surface area contributed by atoms with Gasteiger partial charge in [0.1, 0.15) is 16.4 Å². The first kappa shape index (κ1) is 13.4. The lowest BCUT2D eigenvalue weighted by atomic mass is 10.2. The van der Waals surface area contributed by atoms with E-state index in [1.54, 1.807) is 26.0 Å². The van der Waals surface area contributed by atoms with Gasteiger partial charge in [0.2, 0.25) is 9.84 Å². The van der Waals surface area contributed by atoms with E-state index < -0.39 is 15.6 Å². The average Bonchev–Trinajstić information content (AvgIpc) is 2.33. The molecule has 0 radical (unpaired) electrons. The first-order valence-corrected chi connectivity index (χ1v) is 7.15. The molecule has 0 aliphatic carbocycles. The van der Waals surface area contributed by atoms with E-state index in [2.05, 4.69) is 0 Å². The minimum absolute atomic E-state index is 0.118. The highest BCUT2D eigenvalue weighted by Gasteiger charge is 2.22. The van der Waals surface area contributed by atoms with Crippen molar-refractivity contribution in [2.24, 2.45) is 0 Å². The molecule has 19 heavy (non-hydrogen) atoms. The Labute approximate surface area is 111 Å². The van der Waals surface area contributed by atoms with E-state index >= 15 is 0 Å². The molecule has 5 heteroatoms. The number of phenolic OH excluding ortho intramolecular Hbond substituents is 2. The van der Waals surface area contributed by atoms with Crippen molar-refractivity contribution < 1.29 is 18.6 Å². The molecule has 2 rings (SSSR count). The van der Waals surface area contributed by atoms with Crippen LogP contribution in [0.4, 0.5) is 0 Å². The quantitative estimate of drug-likeness (QED) is 0.885. The van der Waals surface area contributed by atoms with E-state index in [-0.39, 0.29) is 15.5 Å². The molecule has 0 saturated carbocycles. The van der Waals surface area contributed by atoms with Gasteiger partial charge in [-0.05, 0) is 43.2 Å². The number of aryl methyl sites for hydroxylation is 2. The Hall–Kier alpha value is -2.01. The first-order valence-electron chi connectivity index (χ1n) is 5.66. The molecule has 0 aliphatic heterocycles. The maximum atomic E-state index is 12.4. The molecule has 0 saturated heterocycles. The van der Waals surface area contributed by atoms with E-state index in [4.69, 9.17) is 0 Å². The summed E-state index contributed by atoms with van der Waals surface area (Å²) >= 11 is 0. The van der Waals surface area contributed by atoms with Crippen molar-refractivity contribution >= 4 is 9.84 Å². The zero-order valence-corrected chi connectivity index (χ0v) is 11.4. The van der Waals surface area contributed by atoms with E-state index in [0.29, 0.717) is 5.56 Å². The molecule has 2 aromatic carbocycles. The van der Waals surface area contributed by atoms with Crippen LogP contribution in [-0.2, 0) is 9.84 Å². The molecule has 4 nitrogen and oxygen atoms in total. The number of rotatable bonds is 2. The Morgan fingerprint density at radius 2 is 1.63 bits per heavy atom. The number of hydrogen-bond acceptors (Lipinski definition) is 4. The lowest BCUT2D eigenvalue weighted by molar-refractivity contribution is 0.437. The number of benzene rings is 2. The number of sulfone groups is 1. The van der Waals surface area contributed by atoms with Gasteiger partial charge in [-0.2, -0.15) is 0 Å². The van der Waals surface area contributed by atoms with Gasteiger partial charge in [-0.1, -0.05) is 12.1 Å². The van der Waals surface area contributed by atoms with Crippen LogP contribution in [0.25, 0.3) is 0 Å². The summed E-state index contributed by atoms with van der Waals surface area (Å²) in [6, 6.07) is 8.76. The zero-order chi connectivity index (χ0) is 14.2. The van der Waals surface area contributed by atoms with Gasteiger partial charge in [0.05, 0.1) is 4.90 Å². The van der Waals surface area contributed by atoms with Crippen molar-refractivity contribution in [1.82, 2.24) is 0 Å². The summed E-state index contributed by atoms with van der Waals surface area (Å²) in [5.74, 6) is -0.592. The summed E-state index contributed by atoms with van der Waals surface area (Å²) in [6.45, 7) is 3.37. The Bertz CT molecular complexity index is 733. The largest absolute Gasteiger partial charge is 0.508 e. The van der Waals surface area contributed by atoms with Crippen LogP contribution in [-0.4, -0.2) is 18.6 Å². The van der Waals surface area contributed by atoms with Crippen LogP contribution in [0.3, 0.4) is 0 Å². The predicted molar refractivity (Wildman–Crippen MR) is 71.1 cm³/mol. The predicted octanol–water partition coefficient (Wildman–Crippen LogP) is 2.55. The third-order valence-corrected chi connectivity index (χ3v) is 4.65. The fraction of sp³-hybridized carbons (Fsp3) is 0.143. The SMILES string of the molecule is Cc1cccc(S(=O)(=O)c2cc(C)c(O)cc2O)c1. The topological polar surface area (TPSA) is 74.6 Å². The molecular formula is C14H14O4S. The van der Waals surface area contributed by atoms with Crippen LogP contribution in [0.15, 0.2) is 46.2 Å². The summed E-state index contributed by atoms with van der Waals surface area (Å²) in [5, 5.41) is 19.2. The zero-order valence-electron chi connectivity index (χ0n) is 10.6. The lowest BCUT2D eigenvalue weighted by Crippen LogP contribution is -2.03. The highest BCUT2D eigenvalue weighted by Crippen LogP contribution is 2.33. The van der Waals surface area contributed by atoms with E-state index in [1.165, 1.54) is 18.2 Å². The summed E-state index contributed by atoms with van der Waals surface area (Å²) in [6.07, 6.45) is 0. The Morgan fingerprint density at radius 3 is 2.26 bits per heavy atom. The van der Waals surface area contributed by atoms with Gasteiger partial charge in [0.15, 0.2) is 0 Å². The van der Waals surface area contributed by atoms with E-state index in [0.717, 1.165) is 11.6 Å². The number of aromatic hydroxyl groups is 2. The maximum absolute atomic E-state index is 12.4. The molecule has 0 bridgehead atoms. The van der Waals surface area contributed by atoms with Gasteiger partial charge in [0, 0.05) is 6.07 Å². The maximum Gasteiger partial charge on any atom is 0.210 e. The Morgan fingerprint density at radius 1 is 0.947 bits per heavy atom. The van der Waals surface area contributed by atoms with Crippen LogP contribution in [0.5, 0.6) is 11.5 Å². The summed E-state index contributed by atoms with van der Waals surface area (Å²) in [5.41, 5.74) is 1.21. The molecule has 2 N–H and O–H groups in total. The standard InChI is InChI=1S/C14H14O4S/c1-9-4-3-5-11(6-9)19(17,18)14-7-10(2)12(15)8-13(14)16/h3-8,15-16H,1-2H3. The second-order valence-corrected chi connectivity index (χ2v) is 6.34. The monoisotopic (exact) mass is 278 g/mol. The average molecular weight is 278 g/mol. The van der Waals surface area contributed by atoms with Crippen molar-refractivity contribution in [2.45, 2.75) is 23.6 Å². The third kappa shape index (κ3) is 2.42. The van der Waals surface area contributed by atoms with Crippen LogP contribution >= 0.6 is 0 Å². The summed E-state index contributed by atoms with van der Waals surface area (Å²) < 4.78 is 24.9. The molecule has 100 valence electrons. The fourth-order valence-corrected chi connectivity index (χ4v) is 3.30. The van der Waals surface area contributed by atoms with Gasteiger partial charge < -0.3 is 10.2 Å². The van der Waals surface area contributed by atoms with E-state index in [9.17, 15) is 18.6 Å². The first-order chi connectivity index (χ1) is 8.82. The Balaban J connectivity index is 2.67. The van der Waals surface area contributed by atoms with Crippen molar-refractivity contribution in [2.75, 3.05) is 0 Å². The normalized spacial score (nSPS) is 11.5. The van der Waals surface area contributed by atoms with E-state index in [1.807, 2.05) is 0 Å². The second-order valence-electron chi connectivity index (χ2n) is 4.43. The number of phenols is 2. The molecule has 0 aromatic heterocycles. The highest BCUT2D eigenvalue weighted by atomic mass is 32.2. The molecule has 2 aromatic rings. The van der Waals surface area contributed by atoms with Crippen molar-refractivity contribution in [1.29, 1.82) is 0 Å². The fourth-order valence-electron chi connectivity index (χ4n) is 1.78. The van der Waals surface area contributed by atoms with Gasteiger partial charge in [-0.3, -0.25) is 0 Å². The Kier molecular flexibility index (Phi) is 3.24. The van der Waals surface area contributed by atoms with Crippen molar-refractivity contribution in [3.8, 4) is 11.5 Å². The molecule has 0 aliphatic rings. The summed E-state index contributed by atoms with van der Waals surface area (Å²) in [7, 11) is -3.79. The van der Waals surface area contributed by atoms with Crippen molar-refractivity contribution in [3.63, 3.8) is 0 Å². The van der Waals surface area contributed by atoms with Gasteiger partial charge >= 0.3 is 0 Å². The molecular weight excluding hydrogens is 264 g/mol. The lowest BCUT2D eigenvalue weighted by Gasteiger charge is -2.09. The van der Waals surface area contributed by atoms with Crippen LogP contribution in [0.2, 0.25) is 0 Å². The van der Waals surface area contributed by atoms with Gasteiger partial charge in [0.25, 0.3) is 0 Å². The molecule has 0 amide bonds. The van der Waals surface area contributed by atoms with Crippen molar-refractivity contribution in [3.05, 3.63) is 47.5 Å². The second kappa shape index (κ2) is 4.59.